The zero-order valence-corrected chi connectivity index (χ0v) is 14.8. The predicted octanol–water partition coefficient (Wildman–Crippen LogP) is 5.20. The maximum atomic E-state index is 11.9. The second kappa shape index (κ2) is 7.45. The van der Waals surface area contributed by atoms with Crippen molar-refractivity contribution in [1.29, 1.82) is 0 Å². The van der Waals surface area contributed by atoms with Gasteiger partial charge >= 0.3 is 0 Å². The number of fused-ring (bicyclic) bond motifs is 1. The van der Waals surface area contributed by atoms with Crippen molar-refractivity contribution in [2.45, 2.75) is 47.0 Å². The van der Waals surface area contributed by atoms with Crippen molar-refractivity contribution in [2.24, 2.45) is 5.92 Å². The highest BCUT2D eigenvalue weighted by Crippen LogP contribution is 2.37. The van der Waals surface area contributed by atoms with Gasteiger partial charge in [-0.25, -0.2) is 0 Å². The van der Waals surface area contributed by atoms with E-state index in [2.05, 4.69) is 48.7 Å². The Hall–Kier alpha value is -2.09. The molecule has 0 aliphatic heterocycles. The standard InChI is InChI=1S/C21H27NO/c1-14(2)20(22-21(23)15(3)4)12-8-9-17-13-16(5)18-10-6-7-11-19(17)18/h6-8,10-13,15,17H,9H2,1-5H3,(H,22,23). The van der Waals surface area contributed by atoms with Crippen molar-refractivity contribution in [3.63, 3.8) is 0 Å². The Labute approximate surface area is 140 Å². The lowest BCUT2D eigenvalue weighted by Crippen LogP contribution is -2.27. The summed E-state index contributed by atoms with van der Waals surface area (Å²) in [6, 6.07) is 8.60. The molecule has 1 amide bonds. The fourth-order valence-corrected chi connectivity index (χ4v) is 2.80. The van der Waals surface area contributed by atoms with E-state index in [-0.39, 0.29) is 11.8 Å². The minimum absolute atomic E-state index is 0.00922. The molecule has 1 aliphatic carbocycles. The molecule has 2 heteroatoms. The molecule has 1 N–H and O–H groups in total. The van der Waals surface area contributed by atoms with Crippen LogP contribution in [0.3, 0.4) is 0 Å². The molecule has 0 saturated carbocycles. The second-order valence-corrected chi connectivity index (χ2v) is 6.74. The van der Waals surface area contributed by atoms with Gasteiger partial charge in [0.15, 0.2) is 0 Å². The average molecular weight is 309 g/mol. The minimum atomic E-state index is -0.00922. The molecule has 2 nitrogen and oxygen atoms in total. The summed E-state index contributed by atoms with van der Waals surface area (Å²) in [5, 5.41) is 3.01. The minimum Gasteiger partial charge on any atom is -0.326 e. The van der Waals surface area contributed by atoms with Gasteiger partial charge in [0, 0.05) is 17.5 Å². The number of amides is 1. The van der Waals surface area contributed by atoms with E-state index >= 15 is 0 Å². The number of hydrogen-bond acceptors (Lipinski definition) is 1. The van der Waals surface area contributed by atoms with Crippen LogP contribution in [0.5, 0.6) is 0 Å². The maximum absolute atomic E-state index is 11.9. The van der Waals surface area contributed by atoms with Crippen LogP contribution in [0.2, 0.25) is 0 Å². The molecule has 1 atom stereocenters. The van der Waals surface area contributed by atoms with Crippen LogP contribution in [-0.2, 0) is 4.79 Å². The summed E-state index contributed by atoms with van der Waals surface area (Å²) < 4.78 is 0. The van der Waals surface area contributed by atoms with Gasteiger partial charge in [-0.05, 0) is 50.0 Å². The Balaban J connectivity index is 2.06. The van der Waals surface area contributed by atoms with Gasteiger partial charge in [0.25, 0.3) is 0 Å². The smallest absolute Gasteiger partial charge is 0.226 e. The quantitative estimate of drug-likeness (QED) is 0.744. The summed E-state index contributed by atoms with van der Waals surface area (Å²) in [6.45, 7) is 10.0. The fourth-order valence-electron chi connectivity index (χ4n) is 2.80. The van der Waals surface area contributed by atoms with Gasteiger partial charge in [-0.2, -0.15) is 0 Å². The SMILES string of the molecule is CC1=CC(CC=CC(NC(=O)C(C)C)=C(C)C)c2ccccc21. The van der Waals surface area contributed by atoms with Gasteiger partial charge < -0.3 is 5.32 Å². The molecule has 0 radical (unpaired) electrons. The zero-order valence-electron chi connectivity index (χ0n) is 14.8. The molecule has 0 saturated heterocycles. The molecular formula is C21H27NO. The van der Waals surface area contributed by atoms with Gasteiger partial charge in [0.05, 0.1) is 0 Å². The summed E-state index contributed by atoms with van der Waals surface area (Å²) in [7, 11) is 0. The molecule has 0 bridgehead atoms. The van der Waals surface area contributed by atoms with E-state index < -0.39 is 0 Å². The van der Waals surface area contributed by atoms with Gasteiger partial charge in [0.2, 0.25) is 5.91 Å². The van der Waals surface area contributed by atoms with Crippen molar-refractivity contribution in [2.75, 3.05) is 0 Å². The van der Waals surface area contributed by atoms with E-state index in [1.165, 1.54) is 16.7 Å². The van der Waals surface area contributed by atoms with Gasteiger partial charge in [0.1, 0.15) is 0 Å². The number of benzene rings is 1. The normalized spacial score (nSPS) is 16.4. The largest absolute Gasteiger partial charge is 0.326 e. The summed E-state index contributed by atoms with van der Waals surface area (Å²) in [5.74, 6) is 0.486. The van der Waals surface area contributed by atoms with Crippen molar-refractivity contribution in [1.82, 2.24) is 5.32 Å². The van der Waals surface area contributed by atoms with Crippen LogP contribution in [0.25, 0.3) is 5.57 Å². The number of carbonyl (C=O) groups is 1. The molecule has 1 aromatic carbocycles. The van der Waals surface area contributed by atoms with E-state index in [0.717, 1.165) is 17.7 Å². The monoisotopic (exact) mass is 309 g/mol. The number of allylic oxidation sites excluding steroid dienone is 5. The first-order chi connectivity index (χ1) is 10.9. The molecule has 1 unspecified atom stereocenters. The van der Waals surface area contributed by atoms with Crippen LogP contribution in [0.15, 0.2) is 53.8 Å². The Morgan fingerprint density at radius 3 is 2.61 bits per heavy atom. The first-order valence-corrected chi connectivity index (χ1v) is 8.32. The lowest BCUT2D eigenvalue weighted by molar-refractivity contribution is -0.123. The van der Waals surface area contributed by atoms with Crippen LogP contribution < -0.4 is 5.32 Å². The van der Waals surface area contributed by atoms with Crippen molar-refractivity contribution in [3.05, 3.63) is 64.9 Å². The van der Waals surface area contributed by atoms with Crippen molar-refractivity contribution >= 4 is 11.5 Å². The predicted molar refractivity (Wildman–Crippen MR) is 97.9 cm³/mol. The van der Waals surface area contributed by atoms with E-state index in [1.54, 1.807) is 0 Å². The third kappa shape index (κ3) is 4.22. The molecule has 0 fully saturated rings. The molecular weight excluding hydrogens is 282 g/mol. The van der Waals surface area contributed by atoms with Crippen LogP contribution >= 0.6 is 0 Å². The van der Waals surface area contributed by atoms with Gasteiger partial charge in [-0.15, -0.1) is 0 Å². The van der Waals surface area contributed by atoms with E-state index in [9.17, 15) is 4.79 Å². The summed E-state index contributed by atoms with van der Waals surface area (Å²) in [5.41, 5.74) is 6.15. The second-order valence-electron chi connectivity index (χ2n) is 6.74. The summed E-state index contributed by atoms with van der Waals surface area (Å²) in [4.78, 5) is 11.9. The van der Waals surface area contributed by atoms with Crippen molar-refractivity contribution in [3.8, 4) is 0 Å². The molecule has 0 spiro atoms. The summed E-state index contributed by atoms with van der Waals surface area (Å²) in [6.07, 6.45) is 7.49. The van der Waals surface area contributed by atoms with Crippen LogP contribution in [0.1, 0.15) is 58.1 Å². The van der Waals surface area contributed by atoms with Gasteiger partial charge in [-0.3, -0.25) is 4.79 Å². The van der Waals surface area contributed by atoms with E-state index in [4.69, 9.17) is 0 Å². The number of carbonyl (C=O) groups excluding carboxylic acids is 1. The first kappa shape index (κ1) is 17.3. The van der Waals surface area contributed by atoms with Crippen LogP contribution in [0, 0.1) is 5.92 Å². The molecule has 122 valence electrons. The third-order valence-corrected chi connectivity index (χ3v) is 4.23. The molecule has 1 aliphatic rings. The number of nitrogens with one attached hydrogen (secondary N) is 1. The zero-order chi connectivity index (χ0) is 17.0. The lowest BCUT2D eigenvalue weighted by Gasteiger charge is -2.11. The van der Waals surface area contributed by atoms with E-state index in [1.807, 2.05) is 33.8 Å². The Morgan fingerprint density at radius 1 is 1.26 bits per heavy atom. The average Bonchev–Trinajstić information content (AvgIpc) is 2.83. The van der Waals surface area contributed by atoms with Crippen LogP contribution in [0.4, 0.5) is 0 Å². The van der Waals surface area contributed by atoms with Crippen LogP contribution in [-0.4, -0.2) is 5.91 Å². The Kier molecular flexibility index (Phi) is 5.59. The molecule has 23 heavy (non-hydrogen) atoms. The highest BCUT2D eigenvalue weighted by atomic mass is 16.1. The molecule has 2 rings (SSSR count). The van der Waals surface area contributed by atoms with Gasteiger partial charge in [-0.1, -0.05) is 55.8 Å². The lowest BCUT2D eigenvalue weighted by atomic mass is 9.97. The first-order valence-electron chi connectivity index (χ1n) is 8.32. The molecule has 1 aromatic rings. The third-order valence-electron chi connectivity index (χ3n) is 4.23. The molecule has 0 aromatic heterocycles. The number of rotatable bonds is 5. The highest BCUT2D eigenvalue weighted by Gasteiger charge is 2.19. The summed E-state index contributed by atoms with van der Waals surface area (Å²) >= 11 is 0. The Morgan fingerprint density at radius 2 is 1.96 bits per heavy atom. The topological polar surface area (TPSA) is 29.1 Å². The molecule has 0 heterocycles. The van der Waals surface area contributed by atoms with Crippen molar-refractivity contribution < 1.29 is 4.79 Å². The Bertz CT molecular complexity index is 673. The number of hydrogen-bond donors (Lipinski definition) is 1. The van der Waals surface area contributed by atoms with E-state index in [0.29, 0.717) is 5.92 Å². The maximum Gasteiger partial charge on any atom is 0.226 e. The fraction of sp³-hybridized carbons (Fsp3) is 0.381. The highest BCUT2D eigenvalue weighted by molar-refractivity contribution is 5.80.